The first-order valence-corrected chi connectivity index (χ1v) is 11.0. The third kappa shape index (κ3) is 8.02. The molecule has 1 aromatic heterocycles. The summed E-state index contributed by atoms with van der Waals surface area (Å²) in [5.41, 5.74) is -8.57. The molecule has 0 fully saturated rings. The summed E-state index contributed by atoms with van der Waals surface area (Å²) in [5.74, 6) is 0. The van der Waals surface area contributed by atoms with Crippen LogP contribution in [0.2, 0.25) is 0 Å². The zero-order valence-corrected chi connectivity index (χ0v) is 18.9. The Balaban J connectivity index is 0.000000561. The van der Waals surface area contributed by atoms with Gasteiger partial charge in [-0.15, -0.1) is 3.63 Å². The Kier molecular flexibility index (Phi) is 8.21. The predicted octanol–water partition coefficient (Wildman–Crippen LogP) is 4.69. The van der Waals surface area contributed by atoms with Gasteiger partial charge in [-0.2, -0.15) is 43.2 Å². The summed E-state index contributed by atoms with van der Waals surface area (Å²) in [6, 6.07) is 4.38. The fraction of sp³-hybridized carbons (Fsp3) is 0.688. The summed E-state index contributed by atoms with van der Waals surface area (Å²) in [7, 11) is -13.7. The molecule has 1 heterocycles. The SMILES string of the molecule is Cc1cc(C(C)(C)C)nc(C(C)(C)C)c1.O=S(=O)(OS(=O)(=O)C(F)(F)F)C(F)(F)F. The number of rotatable bonds is 2. The second kappa shape index (κ2) is 8.61. The average Bonchev–Trinajstić information content (AvgIpc) is 2.41. The number of nitrogens with zero attached hydrogens (tertiary/aromatic N) is 1. The van der Waals surface area contributed by atoms with Gasteiger partial charge in [0.2, 0.25) is 0 Å². The van der Waals surface area contributed by atoms with Crippen LogP contribution in [0, 0.1) is 6.92 Å². The Bertz CT molecular complexity index is 880. The molecule has 0 amide bonds. The number of aryl methyl sites for hydroxylation is 1. The van der Waals surface area contributed by atoms with Crippen LogP contribution in [0.3, 0.4) is 0 Å². The highest BCUT2D eigenvalue weighted by molar-refractivity contribution is 8.00. The van der Waals surface area contributed by atoms with E-state index < -0.39 is 31.3 Å². The molecule has 0 N–H and O–H groups in total. The van der Waals surface area contributed by atoms with Gasteiger partial charge in [0.05, 0.1) is 0 Å². The fourth-order valence-corrected chi connectivity index (χ4v) is 3.19. The molecule has 0 aliphatic heterocycles. The summed E-state index contributed by atoms with van der Waals surface area (Å²) < 4.78 is 110. The van der Waals surface area contributed by atoms with Gasteiger partial charge in [0.15, 0.2) is 0 Å². The quantitative estimate of drug-likeness (QED) is 0.444. The van der Waals surface area contributed by atoms with E-state index in [1.165, 1.54) is 17.0 Å². The van der Waals surface area contributed by atoms with Crippen LogP contribution in [0.15, 0.2) is 12.1 Å². The molecule has 0 aromatic carbocycles. The van der Waals surface area contributed by atoms with Gasteiger partial charge < -0.3 is 0 Å². The fourth-order valence-electron chi connectivity index (χ4n) is 1.63. The molecule has 1 aromatic rings. The molecular weight excluding hydrogens is 464 g/mol. The Morgan fingerprint density at radius 3 is 1.17 bits per heavy atom. The van der Waals surface area contributed by atoms with Crippen molar-refractivity contribution in [1.82, 2.24) is 4.98 Å². The molecule has 6 nitrogen and oxygen atoms in total. The van der Waals surface area contributed by atoms with Gasteiger partial charge in [0.1, 0.15) is 0 Å². The molecular formula is C16H23F6NO5S2. The topological polar surface area (TPSA) is 90.4 Å². The maximum absolute atomic E-state index is 11.4. The van der Waals surface area contributed by atoms with Crippen molar-refractivity contribution in [3.05, 3.63) is 29.1 Å². The minimum Gasteiger partial charge on any atom is -0.257 e. The lowest BCUT2D eigenvalue weighted by Gasteiger charge is -2.24. The average molecular weight is 487 g/mol. The molecule has 0 spiro atoms. The molecule has 30 heavy (non-hydrogen) atoms. The summed E-state index contributed by atoms with van der Waals surface area (Å²) in [4.78, 5) is 4.78. The van der Waals surface area contributed by atoms with Crippen molar-refractivity contribution in [2.75, 3.05) is 0 Å². The summed E-state index contributed by atoms with van der Waals surface area (Å²) in [5, 5.41) is 0. The molecule has 1 rings (SSSR count). The van der Waals surface area contributed by atoms with E-state index in [1.807, 2.05) is 3.63 Å². The lowest BCUT2D eigenvalue weighted by atomic mass is 9.87. The minimum absolute atomic E-state index is 0.131. The maximum Gasteiger partial charge on any atom is 0.524 e. The van der Waals surface area contributed by atoms with Gasteiger partial charge >= 0.3 is 31.3 Å². The molecule has 0 aliphatic carbocycles. The zero-order chi connectivity index (χ0) is 24.6. The molecule has 0 unspecified atom stereocenters. The van der Waals surface area contributed by atoms with Crippen LogP contribution < -0.4 is 0 Å². The van der Waals surface area contributed by atoms with Crippen molar-refractivity contribution in [1.29, 1.82) is 0 Å². The number of alkyl halides is 6. The van der Waals surface area contributed by atoms with E-state index in [0.29, 0.717) is 0 Å². The summed E-state index contributed by atoms with van der Waals surface area (Å²) in [6.45, 7) is 15.4. The minimum atomic E-state index is -6.85. The summed E-state index contributed by atoms with van der Waals surface area (Å²) >= 11 is 0. The molecule has 0 bridgehead atoms. The van der Waals surface area contributed by atoms with Crippen molar-refractivity contribution in [2.24, 2.45) is 0 Å². The van der Waals surface area contributed by atoms with Crippen LogP contribution in [0.4, 0.5) is 26.3 Å². The number of aromatic nitrogens is 1. The van der Waals surface area contributed by atoms with Crippen LogP contribution >= 0.6 is 0 Å². The maximum atomic E-state index is 11.4. The molecule has 0 saturated heterocycles. The lowest BCUT2D eigenvalue weighted by molar-refractivity contribution is -0.0585. The van der Waals surface area contributed by atoms with Crippen molar-refractivity contribution in [3.63, 3.8) is 0 Å². The molecule has 14 heteroatoms. The van der Waals surface area contributed by atoms with Crippen LogP contribution in [0.1, 0.15) is 58.5 Å². The lowest BCUT2D eigenvalue weighted by Crippen LogP contribution is -2.34. The number of hydrogen-bond donors (Lipinski definition) is 0. The Morgan fingerprint density at radius 1 is 0.700 bits per heavy atom. The standard InChI is InChI=1S/C14H23N.C2F6O5S2/c1-10-8-11(13(2,3)4)15-12(9-10)14(5,6)7;3-1(4,5)14(9,10)13-15(11,12)2(6,7)8/h8-9H,1-7H3;. The van der Waals surface area contributed by atoms with Gasteiger partial charge in [-0.3, -0.25) is 4.98 Å². The normalized spacial score (nSPS) is 14.2. The molecule has 0 saturated carbocycles. The van der Waals surface area contributed by atoms with E-state index in [1.54, 1.807) is 0 Å². The molecule has 0 aliphatic rings. The van der Waals surface area contributed by atoms with E-state index >= 15 is 0 Å². The van der Waals surface area contributed by atoms with Crippen LogP contribution in [0.5, 0.6) is 0 Å². The Morgan fingerprint density at radius 2 is 0.967 bits per heavy atom. The third-order valence-corrected chi connectivity index (χ3v) is 5.82. The Hall–Kier alpha value is -1.41. The van der Waals surface area contributed by atoms with Crippen molar-refractivity contribution < 1.29 is 46.8 Å². The first-order valence-electron chi connectivity index (χ1n) is 8.14. The second-order valence-electron chi connectivity index (χ2n) is 8.28. The van der Waals surface area contributed by atoms with E-state index in [2.05, 4.69) is 60.6 Å². The highest BCUT2D eigenvalue weighted by Crippen LogP contribution is 2.32. The number of hydrogen-bond acceptors (Lipinski definition) is 6. The molecule has 0 atom stereocenters. The second-order valence-corrected chi connectivity index (χ2v) is 11.6. The van der Waals surface area contributed by atoms with E-state index in [4.69, 9.17) is 4.98 Å². The third-order valence-electron chi connectivity index (χ3n) is 3.25. The van der Waals surface area contributed by atoms with Crippen LogP contribution in [-0.4, -0.2) is 32.8 Å². The van der Waals surface area contributed by atoms with Crippen LogP contribution in [0.25, 0.3) is 0 Å². The zero-order valence-electron chi connectivity index (χ0n) is 17.2. The van der Waals surface area contributed by atoms with Crippen LogP contribution in [-0.2, 0) is 34.7 Å². The van der Waals surface area contributed by atoms with Gasteiger partial charge in [-0.05, 0) is 24.6 Å². The van der Waals surface area contributed by atoms with E-state index in [0.717, 1.165) is 0 Å². The molecule has 0 radical (unpaired) electrons. The largest absolute Gasteiger partial charge is 0.524 e. The van der Waals surface area contributed by atoms with Gasteiger partial charge in [-0.1, -0.05) is 41.5 Å². The van der Waals surface area contributed by atoms with Crippen molar-refractivity contribution in [2.45, 2.75) is 70.3 Å². The first kappa shape index (κ1) is 28.6. The Labute approximate surface area is 171 Å². The first-order chi connectivity index (χ1) is 12.8. The van der Waals surface area contributed by atoms with Gasteiger partial charge in [0, 0.05) is 22.2 Å². The monoisotopic (exact) mass is 487 g/mol. The van der Waals surface area contributed by atoms with E-state index in [-0.39, 0.29) is 10.8 Å². The predicted molar refractivity (Wildman–Crippen MR) is 97.4 cm³/mol. The van der Waals surface area contributed by atoms with Gasteiger partial charge in [-0.25, -0.2) is 0 Å². The highest BCUT2D eigenvalue weighted by atomic mass is 32.3. The highest BCUT2D eigenvalue weighted by Gasteiger charge is 2.57. The summed E-state index contributed by atoms with van der Waals surface area (Å²) in [6.07, 6.45) is 0. The number of halogens is 6. The number of pyridine rings is 1. The van der Waals surface area contributed by atoms with Crippen molar-refractivity contribution >= 4 is 20.2 Å². The van der Waals surface area contributed by atoms with Gasteiger partial charge in [0.25, 0.3) is 0 Å². The van der Waals surface area contributed by atoms with Crippen molar-refractivity contribution in [3.8, 4) is 0 Å². The smallest absolute Gasteiger partial charge is 0.257 e. The molecule has 176 valence electrons. The van der Waals surface area contributed by atoms with E-state index in [9.17, 15) is 43.2 Å².